The third kappa shape index (κ3) is 2.59. The Morgan fingerprint density at radius 2 is 1.92 bits per heavy atom. The minimum Gasteiger partial charge on any atom is -0.350 e. The van der Waals surface area contributed by atoms with Crippen LogP contribution in [0.5, 0.6) is 0 Å². The Bertz CT molecular complexity index is 1100. The van der Waals surface area contributed by atoms with Gasteiger partial charge in [0.1, 0.15) is 0 Å². The zero-order valence-corrected chi connectivity index (χ0v) is 14.6. The maximum Gasteiger partial charge on any atom is 0.223 e. The lowest BCUT2D eigenvalue weighted by Gasteiger charge is -2.19. The van der Waals surface area contributed by atoms with Gasteiger partial charge in [0.2, 0.25) is 5.95 Å². The molecule has 0 unspecified atom stereocenters. The van der Waals surface area contributed by atoms with Crippen LogP contribution in [0.3, 0.4) is 0 Å². The van der Waals surface area contributed by atoms with Gasteiger partial charge in [-0.05, 0) is 36.1 Å². The lowest BCUT2D eigenvalue weighted by atomic mass is 9.89. The Balaban J connectivity index is 1.46. The van der Waals surface area contributed by atoms with Crippen molar-refractivity contribution in [3.05, 3.63) is 64.7 Å². The number of aromatic amines is 1. The number of rotatable bonds is 3. The molecule has 1 aliphatic carbocycles. The lowest BCUT2D eigenvalue weighted by Crippen LogP contribution is -2.11. The van der Waals surface area contributed by atoms with E-state index < -0.39 is 0 Å². The highest BCUT2D eigenvalue weighted by molar-refractivity contribution is 6.30. The molecule has 3 aromatic heterocycles. The van der Waals surface area contributed by atoms with Crippen LogP contribution in [-0.4, -0.2) is 25.1 Å². The molecule has 0 saturated carbocycles. The Morgan fingerprint density at radius 3 is 2.81 bits per heavy atom. The van der Waals surface area contributed by atoms with E-state index in [0.717, 1.165) is 51.3 Å². The van der Waals surface area contributed by atoms with Crippen molar-refractivity contribution in [2.75, 3.05) is 5.32 Å². The molecule has 3 heterocycles. The van der Waals surface area contributed by atoms with Gasteiger partial charge in [-0.25, -0.2) is 15.0 Å². The number of aromatic nitrogens is 5. The molecule has 0 aliphatic heterocycles. The molecule has 0 radical (unpaired) electrons. The second kappa shape index (κ2) is 6.07. The molecule has 128 valence electrons. The molecule has 0 atom stereocenters. The fraction of sp³-hybridized carbons (Fsp3) is 0.158. The molecule has 0 amide bonds. The molecular weight excluding hydrogens is 348 g/mol. The average Bonchev–Trinajstić information content (AvgIpc) is 3.16. The van der Waals surface area contributed by atoms with Crippen molar-refractivity contribution in [1.29, 1.82) is 0 Å². The van der Waals surface area contributed by atoms with Crippen LogP contribution in [0.25, 0.3) is 22.2 Å². The first-order valence-corrected chi connectivity index (χ1v) is 8.81. The number of halogens is 1. The van der Waals surface area contributed by atoms with Gasteiger partial charge in [0.15, 0.2) is 5.65 Å². The largest absolute Gasteiger partial charge is 0.350 e. The SMILES string of the molecule is Clc1ccc(CNc2ncc3c(n2)CCc2cnc4[nH]ncc4c2-3)cc1. The molecule has 2 N–H and O–H groups in total. The van der Waals surface area contributed by atoms with Crippen LogP contribution in [0, 0.1) is 0 Å². The third-order valence-corrected chi connectivity index (χ3v) is 4.94. The van der Waals surface area contributed by atoms with Gasteiger partial charge in [-0.2, -0.15) is 5.10 Å². The van der Waals surface area contributed by atoms with Gasteiger partial charge in [0.05, 0.1) is 11.9 Å². The summed E-state index contributed by atoms with van der Waals surface area (Å²) >= 11 is 5.93. The van der Waals surface area contributed by atoms with Crippen molar-refractivity contribution in [2.45, 2.75) is 19.4 Å². The van der Waals surface area contributed by atoms with Gasteiger partial charge in [0.25, 0.3) is 0 Å². The molecule has 5 rings (SSSR count). The van der Waals surface area contributed by atoms with E-state index in [0.29, 0.717) is 12.5 Å². The number of pyridine rings is 1. The van der Waals surface area contributed by atoms with Gasteiger partial charge < -0.3 is 5.32 Å². The zero-order chi connectivity index (χ0) is 17.5. The average molecular weight is 363 g/mol. The number of benzene rings is 1. The summed E-state index contributed by atoms with van der Waals surface area (Å²) in [4.78, 5) is 13.7. The predicted octanol–water partition coefficient (Wildman–Crippen LogP) is 3.78. The van der Waals surface area contributed by atoms with E-state index in [1.54, 1.807) is 0 Å². The lowest BCUT2D eigenvalue weighted by molar-refractivity contribution is 0.877. The van der Waals surface area contributed by atoms with E-state index >= 15 is 0 Å². The highest BCUT2D eigenvalue weighted by atomic mass is 35.5. The summed E-state index contributed by atoms with van der Waals surface area (Å²) in [7, 11) is 0. The number of anilines is 1. The Hall–Kier alpha value is -2.99. The smallest absolute Gasteiger partial charge is 0.223 e. The quantitative estimate of drug-likeness (QED) is 0.579. The first kappa shape index (κ1) is 15.3. The van der Waals surface area contributed by atoms with E-state index in [1.165, 1.54) is 5.56 Å². The van der Waals surface area contributed by atoms with Crippen molar-refractivity contribution in [3.8, 4) is 11.1 Å². The molecule has 0 spiro atoms. The summed E-state index contributed by atoms with van der Waals surface area (Å²) < 4.78 is 0. The number of nitrogens with zero attached hydrogens (tertiary/aromatic N) is 4. The van der Waals surface area contributed by atoms with E-state index in [4.69, 9.17) is 16.6 Å². The minimum absolute atomic E-state index is 0.639. The summed E-state index contributed by atoms with van der Waals surface area (Å²) in [6.07, 6.45) is 7.45. The van der Waals surface area contributed by atoms with Crippen LogP contribution in [-0.2, 0) is 19.4 Å². The Labute approximate surface area is 154 Å². The number of H-pyrrole nitrogens is 1. The fourth-order valence-electron chi connectivity index (χ4n) is 3.39. The van der Waals surface area contributed by atoms with Crippen molar-refractivity contribution < 1.29 is 0 Å². The maximum absolute atomic E-state index is 5.93. The summed E-state index contributed by atoms with van der Waals surface area (Å²) in [5, 5.41) is 12.1. The number of hydrogen-bond donors (Lipinski definition) is 2. The standard InChI is InChI=1S/C19H15ClN6/c20-13-4-1-11(2-5-13)7-22-19-23-9-14-16(25-19)6-3-12-8-21-18-15(17(12)14)10-24-26-18/h1-2,4-5,8-10H,3,6-7H2,(H,21,24,26)(H,22,23,25). The molecule has 4 aromatic rings. The van der Waals surface area contributed by atoms with Crippen molar-refractivity contribution in [1.82, 2.24) is 25.1 Å². The van der Waals surface area contributed by atoms with Gasteiger partial charge in [-0.3, -0.25) is 5.10 Å². The van der Waals surface area contributed by atoms with Crippen LogP contribution in [0.4, 0.5) is 5.95 Å². The first-order chi connectivity index (χ1) is 12.8. The number of aryl methyl sites for hydroxylation is 2. The van der Waals surface area contributed by atoms with Crippen LogP contribution in [0.1, 0.15) is 16.8 Å². The molecule has 1 aliphatic rings. The van der Waals surface area contributed by atoms with Crippen LogP contribution < -0.4 is 5.32 Å². The van der Waals surface area contributed by atoms with Crippen molar-refractivity contribution in [2.24, 2.45) is 0 Å². The first-order valence-electron chi connectivity index (χ1n) is 8.43. The van der Waals surface area contributed by atoms with Crippen molar-refractivity contribution >= 4 is 28.6 Å². The highest BCUT2D eigenvalue weighted by Crippen LogP contribution is 2.36. The third-order valence-electron chi connectivity index (χ3n) is 4.69. The van der Waals surface area contributed by atoms with E-state index in [9.17, 15) is 0 Å². The summed E-state index contributed by atoms with van der Waals surface area (Å²) in [6.45, 7) is 0.655. The van der Waals surface area contributed by atoms with Crippen LogP contribution in [0.2, 0.25) is 5.02 Å². The number of fused-ring (bicyclic) bond motifs is 5. The molecule has 0 saturated heterocycles. The number of nitrogens with one attached hydrogen (secondary N) is 2. The number of hydrogen-bond acceptors (Lipinski definition) is 5. The summed E-state index contributed by atoms with van der Waals surface area (Å²) in [5.74, 6) is 0.639. The van der Waals surface area contributed by atoms with Crippen LogP contribution >= 0.6 is 11.6 Å². The van der Waals surface area contributed by atoms with E-state index in [-0.39, 0.29) is 0 Å². The summed E-state index contributed by atoms with van der Waals surface area (Å²) in [5.41, 5.74) is 6.41. The van der Waals surface area contributed by atoms with E-state index in [1.807, 2.05) is 42.9 Å². The normalized spacial score (nSPS) is 12.7. The zero-order valence-electron chi connectivity index (χ0n) is 13.8. The molecule has 26 heavy (non-hydrogen) atoms. The van der Waals surface area contributed by atoms with E-state index in [2.05, 4.69) is 25.5 Å². The molecule has 7 heteroatoms. The maximum atomic E-state index is 5.93. The molecule has 0 bridgehead atoms. The van der Waals surface area contributed by atoms with Crippen LogP contribution in [0.15, 0.2) is 42.9 Å². The molecule has 6 nitrogen and oxygen atoms in total. The fourth-order valence-corrected chi connectivity index (χ4v) is 3.51. The molecule has 1 aromatic carbocycles. The van der Waals surface area contributed by atoms with Crippen molar-refractivity contribution in [3.63, 3.8) is 0 Å². The molecule has 0 fully saturated rings. The van der Waals surface area contributed by atoms with Gasteiger partial charge in [-0.1, -0.05) is 23.7 Å². The second-order valence-electron chi connectivity index (χ2n) is 6.32. The minimum atomic E-state index is 0.639. The summed E-state index contributed by atoms with van der Waals surface area (Å²) in [6, 6.07) is 7.75. The Morgan fingerprint density at radius 1 is 1.04 bits per heavy atom. The highest BCUT2D eigenvalue weighted by Gasteiger charge is 2.21. The van der Waals surface area contributed by atoms with Gasteiger partial charge in [0, 0.05) is 40.5 Å². The topological polar surface area (TPSA) is 79.4 Å². The monoisotopic (exact) mass is 362 g/mol. The van der Waals surface area contributed by atoms with Gasteiger partial charge in [-0.15, -0.1) is 0 Å². The predicted molar refractivity (Wildman–Crippen MR) is 101 cm³/mol. The van der Waals surface area contributed by atoms with Gasteiger partial charge >= 0.3 is 0 Å². The Kier molecular flexibility index (Phi) is 3.57. The second-order valence-corrected chi connectivity index (χ2v) is 6.76. The molecular formula is C19H15ClN6.